The van der Waals surface area contributed by atoms with Crippen LogP contribution in [0.5, 0.6) is 0 Å². The SMILES string of the molecule is CCCC(CCO)CNC(=NCC(=O)NC(C)(C)C)NCC.I. The van der Waals surface area contributed by atoms with E-state index in [1.165, 1.54) is 0 Å². The van der Waals surface area contributed by atoms with Gasteiger partial charge in [-0.3, -0.25) is 4.79 Å². The maximum absolute atomic E-state index is 11.8. The van der Waals surface area contributed by atoms with Crippen molar-refractivity contribution in [1.82, 2.24) is 16.0 Å². The Bertz CT molecular complexity index is 337. The van der Waals surface area contributed by atoms with Gasteiger partial charge < -0.3 is 21.1 Å². The van der Waals surface area contributed by atoms with Crippen molar-refractivity contribution in [2.45, 2.75) is 59.4 Å². The molecule has 7 heteroatoms. The molecule has 1 atom stereocenters. The highest BCUT2D eigenvalue weighted by molar-refractivity contribution is 14.0. The molecule has 0 spiro atoms. The maximum Gasteiger partial charge on any atom is 0.242 e. The molecule has 6 nitrogen and oxygen atoms in total. The van der Waals surface area contributed by atoms with Gasteiger partial charge in [0, 0.05) is 25.2 Å². The Balaban J connectivity index is 0. The van der Waals surface area contributed by atoms with Gasteiger partial charge in [0.2, 0.25) is 5.91 Å². The molecule has 1 unspecified atom stereocenters. The first kappa shape index (κ1) is 24.7. The first-order chi connectivity index (χ1) is 10.3. The van der Waals surface area contributed by atoms with Crippen molar-refractivity contribution in [3.63, 3.8) is 0 Å². The maximum atomic E-state index is 11.8. The summed E-state index contributed by atoms with van der Waals surface area (Å²) in [6.45, 7) is 11.8. The van der Waals surface area contributed by atoms with E-state index in [2.05, 4.69) is 27.9 Å². The van der Waals surface area contributed by atoms with E-state index in [-0.39, 0.29) is 48.6 Å². The monoisotopic (exact) mass is 442 g/mol. The van der Waals surface area contributed by atoms with Crippen LogP contribution in [0.25, 0.3) is 0 Å². The first-order valence-electron chi connectivity index (χ1n) is 8.26. The molecule has 0 aliphatic heterocycles. The summed E-state index contributed by atoms with van der Waals surface area (Å²) in [4.78, 5) is 16.1. The van der Waals surface area contributed by atoms with Crippen molar-refractivity contribution in [2.24, 2.45) is 10.9 Å². The number of nitrogens with zero attached hydrogens (tertiary/aromatic N) is 1. The molecule has 0 aromatic carbocycles. The molecule has 138 valence electrons. The van der Waals surface area contributed by atoms with Crippen LogP contribution in [0, 0.1) is 5.92 Å². The van der Waals surface area contributed by atoms with Crippen molar-refractivity contribution in [1.29, 1.82) is 0 Å². The quantitative estimate of drug-likeness (QED) is 0.250. The third-order valence-electron chi connectivity index (χ3n) is 3.03. The summed E-state index contributed by atoms with van der Waals surface area (Å²) >= 11 is 0. The van der Waals surface area contributed by atoms with Crippen LogP contribution in [-0.4, -0.2) is 48.8 Å². The Hall–Kier alpha value is -0.570. The minimum absolute atomic E-state index is 0. The second-order valence-electron chi connectivity index (χ2n) is 6.54. The van der Waals surface area contributed by atoms with Gasteiger partial charge in [-0.15, -0.1) is 24.0 Å². The summed E-state index contributed by atoms with van der Waals surface area (Å²) < 4.78 is 0. The molecule has 0 aromatic heterocycles. The number of rotatable bonds is 9. The molecular formula is C16H35IN4O2. The molecule has 0 fully saturated rings. The molecule has 0 aromatic rings. The topological polar surface area (TPSA) is 85.8 Å². The smallest absolute Gasteiger partial charge is 0.242 e. The van der Waals surface area contributed by atoms with E-state index in [1.54, 1.807) is 0 Å². The van der Waals surface area contributed by atoms with Gasteiger partial charge in [-0.1, -0.05) is 13.3 Å². The zero-order valence-corrected chi connectivity index (χ0v) is 17.6. The molecule has 1 amide bonds. The highest BCUT2D eigenvalue weighted by atomic mass is 127. The third kappa shape index (κ3) is 14.7. The normalized spacial score (nSPS) is 13.0. The number of aliphatic imine (C=N–C) groups is 1. The fraction of sp³-hybridized carbons (Fsp3) is 0.875. The second-order valence-corrected chi connectivity index (χ2v) is 6.54. The summed E-state index contributed by atoms with van der Waals surface area (Å²) in [6.07, 6.45) is 2.94. The summed E-state index contributed by atoms with van der Waals surface area (Å²) in [6, 6.07) is 0. The molecule has 0 radical (unpaired) electrons. The molecule has 0 rings (SSSR count). The van der Waals surface area contributed by atoms with E-state index >= 15 is 0 Å². The Morgan fingerprint density at radius 2 is 1.83 bits per heavy atom. The molecule has 0 aliphatic carbocycles. The largest absolute Gasteiger partial charge is 0.396 e. The van der Waals surface area contributed by atoms with Crippen molar-refractivity contribution in [2.75, 3.05) is 26.2 Å². The van der Waals surface area contributed by atoms with Crippen LogP contribution in [0.2, 0.25) is 0 Å². The van der Waals surface area contributed by atoms with Crippen LogP contribution >= 0.6 is 24.0 Å². The van der Waals surface area contributed by atoms with E-state index in [4.69, 9.17) is 5.11 Å². The van der Waals surface area contributed by atoms with Gasteiger partial charge in [0.05, 0.1) is 0 Å². The summed E-state index contributed by atoms with van der Waals surface area (Å²) in [5, 5.41) is 18.4. The predicted molar refractivity (Wildman–Crippen MR) is 107 cm³/mol. The molecule has 0 bridgehead atoms. The Labute approximate surface area is 158 Å². The number of nitrogens with one attached hydrogen (secondary N) is 3. The van der Waals surface area contributed by atoms with Gasteiger partial charge >= 0.3 is 0 Å². The number of guanidine groups is 1. The van der Waals surface area contributed by atoms with Crippen molar-refractivity contribution in [3.8, 4) is 0 Å². The molecule has 23 heavy (non-hydrogen) atoms. The predicted octanol–water partition coefficient (Wildman–Crippen LogP) is 1.87. The third-order valence-corrected chi connectivity index (χ3v) is 3.03. The highest BCUT2D eigenvalue weighted by Crippen LogP contribution is 2.09. The number of amides is 1. The lowest BCUT2D eigenvalue weighted by atomic mass is 10.0. The zero-order valence-electron chi connectivity index (χ0n) is 15.2. The van der Waals surface area contributed by atoms with Crippen LogP contribution in [0.3, 0.4) is 0 Å². The van der Waals surface area contributed by atoms with Crippen LogP contribution in [0.4, 0.5) is 0 Å². The summed E-state index contributed by atoms with van der Waals surface area (Å²) in [5.74, 6) is 0.970. The number of hydrogen-bond acceptors (Lipinski definition) is 3. The molecule has 0 aliphatic rings. The van der Waals surface area contributed by atoms with Gasteiger partial charge in [0.1, 0.15) is 6.54 Å². The summed E-state index contributed by atoms with van der Waals surface area (Å²) in [5.41, 5.74) is -0.244. The lowest BCUT2D eigenvalue weighted by Gasteiger charge is -2.20. The number of carbonyl (C=O) groups is 1. The van der Waals surface area contributed by atoms with Gasteiger partial charge in [0.25, 0.3) is 0 Å². The number of aliphatic hydroxyl groups is 1. The fourth-order valence-electron chi connectivity index (χ4n) is 2.13. The van der Waals surface area contributed by atoms with Gasteiger partial charge in [-0.05, 0) is 46.5 Å². The van der Waals surface area contributed by atoms with Gasteiger partial charge in [0.15, 0.2) is 5.96 Å². The molecule has 0 saturated heterocycles. The van der Waals surface area contributed by atoms with E-state index in [0.29, 0.717) is 11.9 Å². The van der Waals surface area contributed by atoms with Crippen LogP contribution in [-0.2, 0) is 4.79 Å². The van der Waals surface area contributed by atoms with Crippen LogP contribution in [0.15, 0.2) is 4.99 Å². The standard InChI is InChI=1S/C16H34N4O2.HI/c1-6-8-13(9-10-21)11-18-15(17-7-2)19-12-14(22)20-16(3,4)5;/h13,21H,6-12H2,1-5H3,(H,20,22)(H2,17,18,19);1H. The van der Waals surface area contributed by atoms with Crippen molar-refractivity contribution in [3.05, 3.63) is 0 Å². The number of carbonyl (C=O) groups excluding carboxylic acids is 1. The van der Waals surface area contributed by atoms with E-state index in [1.807, 2.05) is 27.7 Å². The molecule has 4 N–H and O–H groups in total. The number of hydrogen-bond donors (Lipinski definition) is 4. The number of aliphatic hydroxyl groups excluding tert-OH is 1. The molecular weight excluding hydrogens is 407 g/mol. The molecule has 0 heterocycles. The Morgan fingerprint density at radius 1 is 1.17 bits per heavy atom. The van der Waals surface area contributed by atoms with Crippen molar-refractivity contribution >= 4 is 35.8 Å². The highest BCUT2D eigenvalue weighted by Gasteiger charge is 2.13. The lowest BCUT2D eigenvalue weighted by Crippen LogP contribution is -2.43. The van der Waals surface area contributed by atoms with Crippen molar-refractivity contribution < 1.29 is 9.90 Å². The average Bonchev–Trinajstić information content (AvgIpc) is 2.40. The van der Waals surface area contributed by atoms with Crippen LogP contribution in [0.1, 0.15) is 53.9 Å². The first-order valence-corrected chi connectivity index (χ1v) is 8.26. The molecule has 0 saturated carbocycles. The zero-order chi connectivity index (χ0) is 17.0. The second kappa shape index (κ2) is 13.8. The van der Waals surface area contributed by atoms with Gasteiger partial charge in [-0.25, -0.2) is 4.99 Å². The average molecular weight is 442 g/mol. The lowest BCUT2D eigenvalue weighted by molar-refractivity contribution is -0.121. The van der Waals surface area contributed by atoms with E-state index < -0.39 is 0 Å². The summed E-state index contributed by atoms with van der Waals surface area (Å²) in [7, 11) is 0. The van der Waals surface area contributed by atoms with E-state index in [9.17, 15) is 4.79 Å². The van der Waals surface area contributed by atoms with Crippen LogP contribution < -0.4 is 16.0 Å². The minimum Gasteiger partial charge on any atom is -0.396 e. The fourth-order valence-corrected chi connectivity index (χ4v) is 2.13. The number of halogens is 1. The van der Waals surface area contributed by atoms with E-state index in [0.717, 1.165) is 32.4 Å². The minimum atomic E-state index is -0.244. The van der Waals surface area contributed by atoms with Gasteiger partial charge in [-0.2, -0.15) is 0 Å². The Kier molecular flexibility index (Phi) is 14.8. The Morgan fingerprint density at radius 3 is 2.30 bits per heavy atom.